The summed E-state index contributed by atoms with van der Waals surface area (Å²) in [5.41, 5.74) is 2.41. The molecule has 1 atom stereocenters. The molecule has 1 aromatic heterocycles. The first kappa shape index (κ1) is 17.1. The van der Waals surface area contributed by atoms with Crippen LogP contribution < -0.4 is 0 Å². The molecule has 1 aromatic rings. The number of allylic oxidation sites excluding steroid dienone is 1. The highest BCUT2D eigenvalue weighted by Crippen LogP contribution is 2.52. The van der Waals surface area contributed by atoms with Crippen LogP contribution in [0.4, 0.5) is 4.39 Å². The fraction of sp³-hybridized carbons (Fsp3) is 0.684. The zero-order valence-electron chi connectivity index (χ0n) is 15.2. The highest BCUT2D eigenvalue weighted by molar-refractivity contribution is 5.54. The van der Waals surface area contributed by atoms with E-state index in [-0.39, 0.29) is 28.0 Å². The van der Waals surface area contributed by atoms with E-state index in [2.05, 4.69) is 53.5 Å². The van der Waals surface area contributed by atoms with E-state index < -0.39 is 0 Å². The molecule has 0 bridgehead atoms. The minimum absolute atomic E-state index is 0.0106. The van der Waals surface area contributed by atoms with Crippen molar-refractivity contribution in [1.29, 1.82) is 0 Å². The third-order valence-corrected chi connectivity index (χ3v) is 5.60. The lowest BCUT2D eigenvalue weighted by molar-refractivity contribution is 0.0647. The Kier molecular flexibility index (Phi) is 4.00. The average molecular weight is 304 g/mol. The van der Waals surface area contributed by atoms with Crippen LogP contribution in [-0.2, 0) is 5.41 Å². The van der Waals surface area contributed by atoms with Gasteiger partial charge in [0.1, 0.15) is 5.83 Å². The lowest BCUT2D eigenvalue weighted by Gasteiger charge is -2.51. The Bertz CT molecular complexity index is 589. The number of hydrogen-bond donors (Lipinski definition) is 0. The summed E-state index contributed by atoms with van der Waals surface area (Å²) in [6.07, 6.45) is 3.89. The van der Waals surface area contributed by atoms with E-state index in [1.54, 1.807) is 6.08 Å². The average Bonchev–Trinajstić information content (AvgIpc) is 2.33. The van der Waals surface area contributed by atoms with Crippen LogP contribution in [-0.4, -0.2) is 9.97 Å². The van der Waals surface area contributed by atoms with Gasteiger partial charge in [-0.25, -0.2) is 9.37 Å². The molecule has 1 aliphatic rings. The molecule has 0 N–H and O–H groups in total. The van der Waals surface area contributed by atoms with Crippen LogP contribution in [0.25, 0.3) is 6.08 Å². The van der Waals surface area contributed by atoms with E-state index in [4.69, 9.17) is 4.98 Å². The van der Waals surface area contributed by atoms with E-state index in [1.165, 1.54) is 0 Å². The molecule has 1 unspecified atom stereocenters. The molecule has 0 saturated heterocycles. The quantitative estimate of drug-likeness (QED) is 0.670. The van der Waals surface area contributed by atoms with Gasteiger partial charge < -0.3 is 0 Å². The van der Waals surface area contributed by atoms with Crippen LogP contribution in [0.1, 0.15) is 84.8 Å². The molecule has 122 valence electrons. The molecule has 0 aromatic carbocycles. The molecule has 2 nitrogen and oxygen atoms in total. The predicted octanol–water partition coefficient (Wildman–Crippen LogP) is 5.64. The highest BCUT2D eigenvalue weighted by Gasteiger charge is 2.49. The number of hydrogen-bond acceptors (Lipinski definition) is 2. The van der Waals surface area contributed by atoms with Gasteiger partial charge in [0.25, 0.3) is 0 Å². The molecule has 0 spiro atoms. The molecule has 0 aliphatic heterocycles. The summed E-state index contributed by atoms with van der Waals surface area (Å²) >= 11 is 0. The van der Waals surface area contributed by atoms with Gasteiger partial charge in [-0.2, -0.15) is 0 Å². The summed E-state index contributed by atoms with van der Waals surface area (Å²) in [4.78, 5) is 9.49. The summed E-state index contributed by atoms with van der Waals surface area (Å²) in [7, 11) is 0. The Morgan fingerprint density at radius 2 is 1.59 bits per heavy atom. The lowest BCUT2D eigenvalue weighted by atomic mass is 9.54. The first-order valence-corrected chi connectivity index (χ1v) is 8.11. The monoisotopic (exact) mass is 304 g/mol. The van der Waals surface area contributed by atoms with Crippen molar-refractivity contribution in [3.8, 4) is 0 Å². The van der Waals surface area contributed by atoms with Crippen molar-refractivity contribution in [2.24, 2.45) is 10.8 Å². The molecule has 1 heterocycles. The highest BCUT2D eigenvalue weighted by atomic mass is 19.1. The van der Waals surface area contributed by atoms with Crippen LogP contribution in [0.2, 0.25) is 0 Å². The minimum atomic E-state index is -0.174. The van der Waals surface area contributed by atoms with Gasteiger partial charge in [-0.3, -0.25) is 4.98 Å². The summed E-state index contributed by atoms with van der Waals surface area (Å²) < 4.78 is 13.8. The van der Waals surface area contributed by atoms with Crippen LogP contribution in [0.3, 0.4) is 0 Å². The van der Waals surface area contributed by atoms with Crippen molar-refractivity contribution in [1.82, 2.24) is 9.97 Å². The van der Waals surface area contributed by atoms with Crippen LogP contribution in [0, 0.1) is 10.8 Å². The van der Waals surface area contributed by atoms with E-state index in [1.807, 2.05) is 13.1 Å². The number of rotatable bonds is 1. The van der Waals surface area contributed by atoms with Gasteiger partial charge in [0.2, 0.25) is 0 Å². The Morgan fingerprint density at radius 1 is 1.05 bits per heavy atom. The molecular formula is C19H29FN2. The van der Waals surface area contributed by atoms with E-state index in [9.17, 15) is 4.39 Å². The van der Waals surface area contributed by atoms with Crippen LogP contribution in [0.5, 0.6) is 0 Å². The minimum Gasteiger partial charge on any atom is -0.257 e. The number of aromatic nitrogens is 2. The van der Waals surface area contributed by atoms with Gasteiger partial charge in [-0.15, -0.1) is 0 Å². The van der Waals surface area contributed by atoms with Crippen molar-refractivity contribution in [2.45, 2.75) is 73.1 Å². The Morgan fingerprint density at radius 3 is 2.09 bits per heavy atom. The fourth-order valence-corrected chi connectivity index (χ4v) is 3.63. The molecular weight excluding hydrogens is 275 g/mol. The first-order valence-electron chi connectivity index (χ1n) is 8.11. The van der Waals surface area contributed by atoms with Crippen molar-refractivity contribution in [3.05, 3.63) is 29.1 Å². The smallest absolute Gasteiger partial charge is 0.103 e. The number of fused-ring (bicyclic) bond motifs is 1. The second-order valence-corrected chi connectivity index (χ2v) is 8.85. The molecule has 22 heavy (non-hydrogen) atoms. The van der Waals surface area contributed by atoms with Crippen molar-refractivity contribution < 1.29 is 4.39 Å². The second-order valence-electron chi connectivity index (χ2n) is 8.85. The van der Waals surface area contributed by atoms with Gasteiger partial charge in [0, 0.05) is 24.0 Å². The lowest BCUT2D eigenvalue weighted by Crippen LogP contribution is -2.48. The summed E-state index contributed by atoms with van der Waals surface area (Å²) in [5, 5.41) is 0. The van der Waals surface area contributed by atoms with E-state index in [0.29, 0.717) is 12.1 Å². The molecule has 0 fully saturated rings. The van der Waals surface area contributed by atoms with Gasteiger partial charge in [0.05, 0.1) is 17.1 Å². The van der Waals surface area contributed by atoms with Crippen LogP contribution in [0.15, 0.2) is 12.0 Å². The van der Waals surface area contributed by atoms with Crippen LogP contribution >= 0.6 is 0 Å². The third-order valence-electron chi connectivity index (χ3n) is 5.60. The van der Waals surface area contributed by atoms with E-state index in [0.717, 1.165) is 11.4 Å². The zero-order chi connectivity index (χ0) is 16.9. The van der Waals surface area contributed by atoms with E-state index >= 15 is 0 Å². The molecule has 0 saturated carbocycles. The normalized spacial score (nSPS) is 19.7. The number of halogens is 1. The second kappa shape index (κ2) is 5.14. The molecule has 0 amide bonds. The fourth-order valence-electron chi connectivity index (χ4n) is 3.63. The summed E-state index contributed by atoms with van der Waals surface area (Å²) in [6, 6.07) is 0. The van der Waals surface area contributed by atoms with Gasteiger partial charge in [0.15, 0.2) is 0 Å². The van der Waals surface area contributed by atoms with Gasteiger partial charge >= 0.3 is 0 Å². The topological polar surface area (TPSA) is 25.8 Å². The van der Waals surface area contributed by atoms with Crippen molar-refractivity contribution in [2.75, 3.05) is 0 Å². The molecule has 3 heteroatoms. The summed E-state index contributed by atoms with van der Waals surface area (Å²) in [5.74, 6) is -0.00301. The Labute approximate surface area is 134 Å². The maximum Gasteiger partial charge on any atom is 0.103 e. The SMILES string of the molecule is CC1CC(F)=Cc2nc(C(C)(C(C)(C)C)C(C)(C)C)cnc21. The number of nitrogens with zero attached hydrogens (tertiary/aromatic N) is 2. The standard InChI is InChI=1S/C19H29FN2/c1-12-9-13(20)10-14-16(12)21-11-15(22-14)19(8,17(2,3)4)18(5,6)7/h10-12H,9H2,1-8H3. The Hall–Kier alpha value is -1.25. The van der Waals surface area contributed by atoms with Gasteiger partial charge in [-0.05, 0) is 16.9 Å². The predicted molar refractivity (Wildman–Crippen MR) is 90.4 cm³/mol. The largest absolute Gasteiger partial charge is 0.257 e. The Balaban J connectivity index is 2.65. The van der Waals surface area contributed by atoms with Gasteiger partial charge in [-0.1, -0.05) is 55.4 Å². The maximum atomic E-state index is 13.8. The molecule has 1 aliphatic carbocycles. The maximum absolute atomic E-state index is 13.8. The molecule has 0 radical (unpaired) electrons. The van der Waals surface area contributed by atoms with Crippen molar-refractivity contribution in [3.63, 3.8) is 0 Å². The summed E-state index contributed by atoms with van der Waals surface area (Å²) in [6.45, 7) is 17.7. The first-order chi connectivity index (χ1) is 9.88. The van der Waals surface area contributed by atoms with Crippen molar-refractivity contribution >= 4 is 6.08 Å². The third kappa shape index (κ3) is 2.59. The zero-order valence-corrected chi connectivity index (χ0v) is 15.2. The molecule has 2 rings (SSSR count).